The van der Waals surface area contributed by atoms with E-state index in [1.165, 1.54) is 0 Å². The van der Waals surface area contributed by atoms with Crippen molar-refractivity contribution >= 4 is 40.1 Å². The molecule has 0 radical (unpaired) electrons. The predicted octanol–water partition coefficient (Wildman–Crippen LogP) is -4.33. The summed E-state index contributed by atoms with van der Waals surface area (Å²) in [7, 11) is -4.69. The van der Waals surface area contributed by atoms with Crippen molar-refractivity contribution in [1.82, 2.24) is 16.0 Å². The van der Waals surface area contributed by atoms with E-state index in [2.05, 4.69) is 20.9 Å². The zero-order chi connectivity index (χ0) is 25.4. The highest BCUT2D eigenvalue weighted by molar-refractivity contribution is 7.85. The number of hydrogen-bond acceptors (Lipinski definition) is 9. The number of aliphatic imine (C=N–C) groups is 1. The SMILES string of the molecule is NCCCC[C@H](NC(=O)[C@H](CS(=O)(=O)O)NC(=O)[C@@H](N)CCCN=C(N)N)C(=O)NCC=O. The van der Waals surface area contributed by atoms with E-state index in [4.69, 9.17) is 22.9 Å². The first kappa shape index (κ1) is 30.2. The Morgan fingerprint density at radius 2 is 1.61 bits per heavy atom. The highest BCUT2D eigenvalue weighted by Crippen LogP contribution is 2.04. The zero-order valence-electron chi connectivity index (χ0n) is 18.2. The molecule has 33 heavy (non-hydrogen) atoms. The molecule has 0 aliphatic rings. The van der Waals surface area contributed by atoms with E-state index in [-0.39, 0.29) is 31.9 Å². The number of hydrogen-bond donors (Lipinski definition) is 8. The first-order valence-electron chi connectivity index (χ1n) is 10.2. The first-order chi connectivity index (χ1) is 15.4. The van der Waals surface area contributed by atoms with Gasteiger partial charge in [-0.1, -0.05) is 0 Å². The Morgan fingerprint density at radius 3 is 2.15 bits per heavy atom. The van der Waals surface area contributed by atoms with E-state index < -0.39 is 51.7 Å². The summed E-state index contributed by atoms with van der Waals surface area (Å²) in [6.45, 7) is 0.264. The van der Waals surface area contributed by atoms with Crippen LogP contribution in [0.15, 0.2) is 4.99 Å². The average molecular weight is 495 g/mol. The largest absolute Gasteiger partial charge is 0.370 e. The summed E-state index contributed by atoms with van der Waals surface area (Å²) in [4.78, 5) is 51.5. The van der Waals surface area contributed by atoms with Crippen LogP contribution in [-0.4, -0.2) is 86.5 Å². The van der Waals surface area contributed by atoms with Gasteiger partial charge in [0.05, 0.1) is 12.6 Å². The van der Waals surface area contributed by atoms with Gasteiger partial charge in [-0.2, -0.15) is 8.42 Å². The van der Waals surface area contributed by atoms with Gasteiger partial charge in [0, 0.05) is 6.54 Å². The number of unbranched alkanes of at least 4 members (excludes halogenated alkanes) is 1. The molecule has 12 N–H and O–H groups in total. The Kier molecular flexibility index (Phi) is 14.5. The summed E-state index contributed by atoms with van der Waals surface area (Å²) < 4.78 is 31.9. The lowest BCUT2D eigenvalue weighted by atomic mass is 10.1. The fraction of sp³-hybridized carbons (Fsp3) is 0.706. The Morgan fingerprint density at radius 1 is 0.970 bits per heavy atom. The summed E-state index contributed by atoms with van der Waals surface area (Å²) in [5.74, 6) is -3.84. The normalized spacial score (nSPS) is 13.8. The first-order valence-corrected chi connectivity index (χ1v) is 11.8. The van der Waals surface area contributed by atoms with Crippen LogP contribution in [0.3, 0.4) is 0 Å². The molecular formula is C17H34N8O7S. The number of guanidine groups is 1. The molecule has 15 nitrogen and oxygen atoms in total. The lowest BCUT2D eigenvalue weighted by Crippen LogP contribution is -2.57. The van der Waals surface area contributed by atoms with Crippen LogP contribution >= 0.6 is 0 Å². The van der Waals surface area contributed by atoms with Crippen LogP contribution in [0.25, 0.3) is 0 Å². The monoisotopic (exact) mass is 494 g/mol. The third kappa shape index (κ3) is 14.8. The van der Waals surface area contributed by atoms with Gasteiger partial charge >= 0.3 is 0 Å². The van der Waals surface area contributed by atoms with E-state index in [0.29, 0.717) is 32.1 Å². The zero-order valence-corrected chi connectivity index (χ0v) is 19.1. The molecule has 0 aliphatic carbocycles. The van der Waals surface area contributed by atoms with Gasteiger partial charge in [0.15, 0.2) is 5.96 Å². The highest BCUT2D eigenvalue weighted by Gasteiger charge is 2.31. The summed E-state index contributed by atoms with van der Waals surface area (Å²) in [6.07, 6.45) is 2.05. The fourth-order valence-electron chi connectivity index (χ4n) is 2.62. The number of carbonyl (C=O) groups excluding carboxylic acids is 4. The lowest BCUT2D eigenvalue weighted by Gasteiger charge is -2.23. The van der Waals surface area contributed by atoms with Crippen molar-refractivity contribution < 1.29 is 32.1 Å². The van der Waals surface area contributed by atoms with Crippen LogP contribution in [0.1, 0.15) is 32.1 Å². The molecule has 0 bridgehead atoms. The Balaban J connectivity index is 5.28. The van der Waals surface area contributed by atoms with Gasteiger partial charge in [0.2, 0.25) is 17.7 Å². The van der Waals surface area contributed by atoms with E-state index in [9.17, 15) is 32.1 Å². The van der Waals surface area contributed by atoms with Crippen molar-refractivity contribution in [3.63, 3.8) is 0 Å². The molecule has 0 fully saturated rings. The Labute approximate surface area is 192 Å². The summed E-state index contributed by atoms with van der Waals surface area (Å²) in [5.41, 5.74) is 21.6. The second-order valence-electron chi connectivity index (χ2n) is 7.12. The van der Waals surface area contributed by atoms with Crippen molar-refractivity contribution in [3.8, 4) is 0 Å². The molecule has 190 valence electrons. The molecule has 0 aromatic carbocycles. The van der Waals surface area contributed by atoms with Crippen LogP contribution in [-0.2, 0) is 29.3 Å². The van der Waals surface area contributed by atoms with Crippen LogP contribution < -0.4 is 38.9 Å². The molecule has 0 spiro atoms. The fourth-order valence-corrected chi connectivity index (χ4v) is 3.28. The van der Waals surface area contributed by atoms with Crippen molar-refractivity contribution in [2.24, 2.45) is 27.9 Å². The van der Waals surface area contributed by atoms with Crippen LogP contribution in [0.2, 0.25) is 0 Å². The molecule has 3 atom stereocenters. The third-order valence-corrected chi connectivity index (χ3v) is 5.01. The average Bonchev–Trinajstić information content (AvgIpc) is 2.72. The number of carbonyl (C=O) groups is 4. The smallest absolute Gasteiger partial charge is 0.267 e. The number of nitrogens with zero attached hydrogens (tertiary/aromatic N) is 1. The van der Waals surface area contributed by atoms with Crippen LogP contribution in [0.4, 0.5) is 0 Å². The van der Waals surface area contributed by atoms with Crippen LogP contribution in [0.5, 0.6) is 0 Å². The molecule has 16 heteroatoms. The molecule has 0 aromatic heterocycles. The molecule has 0 rings (SSSR count). The second-order valence-corrected chi connectivity index (χ2v) is 8.62. The van der Waals surface area contributed by atoms with E-state index in [1.54, 1.807) is 0 Å². The molecule has 0 aromatic rings. The predicted molar refractivity (Wildman–Crippen MR) is 120 cm³/mol. The highest BCUT2D eigenvalue weighted by atomic mass is 32.2. The third-order valence-electron chi connectivity index (χ3n) is 4.25. The maximum absolute atomic E-state index is 12.7. The van der Waals surface area contributed by atoms with Crippen molar-refractivity contribution in [3.05, 3.63) is 0 Å². The Hall–Kier alpha value is -2.82. The standard InChI is InChI=1S/C17H34N8O7S/c18-6-2-1-5-12(15(28)22-8-9-26)24-16(29)13(10-33(30,31)32)25-14(27)11(19)4-3-7-23-17(20)21/h9,11-13H,1-8,10,18-19H2,(H,22,28)(H,24,29)(H,25,27)(H4,20,21,23)(H,30,31,32)/t11-,12-,13-/m0/s1. The van der Waals surface area contributed by atoms with Gasteiger partial charge in [0.1, 0.15) is 24.1 Å². The van der Waals surface area contributed by atoms with E-state index >= 15 is 0 Å². The van der Waals surface area contributed by atoms with Crippen molar-refractivity contribution in [2.45, 2.75) is 50.2 Å². The lowest BCUT2D eigenvalue weighted by molar-refractivity contribution is -0.132. The number of nitrogens with two attached hydrogens (primary N) is 4. The maximum Gasteiger partial charge on any atom is 0.267 e. The molecule has 0 unspecified atom stereocenters. The quantitative estimate of drug-likeness (QED) is 0.0314. The van der Waals surface area contributed by atoms with Gasteiger partial charge < -0.3 is 43.7 Å². The van der Waals surface area contributed by atoms with Gasteiger partial charge in [-0.25, -0.2) is 0 Å². The van der Waals surface area contributed by atoms with Crippen LogP contribution in [0, 0.1) is 0 Å². The number of nitrogens with one attached hydrogen (secondary N) is 3. The molecule has 0 aliphatic heterocycles. The minimum Gasteiger partial charge on any atom is -0.370 e. The minimum absolute atomic E-state index is 0.124. The molecule has 0 saturated carbocycles. The topological polar surface area (TPSA) is 275 Å². The summed E-state index contributed by atoms with van der Waals surface area (Å²) >= 11 is 0. The van der Waals surface area contributed by atoms with Gasteiger partial charge in [-0.15, -0.1) is 0 Å². The summed E-state index contributed by atoms with van der Waals surface area (Å²) in [6, 6.07) is -3.97. The van der Waals surface area contributed by atoms with Gasteiger partial charge in [-0.05, 0) is 38.6 Å². The van der Waals surface area contributed by atoms with E-state index in [0.717, 1.165) is 0 Å². The second kappa shape index (κ2) is 15.9. The number of aldehydes is 1. The number of rotatable bonds is 17. The van der Waals surface area contributed by atoms with Crippen molar-refractivity contribution in [1.29, 1.82) is 0 Å². The molecule has 0 saturated heterocycles. The van der Waals surface area contributed by atoms with E-state index in [1.807, 2.05) is 0 Å². The van der Waals surface area contributed by atoms with Gasteiger partial charge in [-0.3, -0.25) is 23.9 Å². The molecule has 0 heterocycles. The number of amides is 3. The summed E-state index contributed by atoms with van der Waals surface area (Å²) in [5, 5.41) is 6.79. The maximum atomic E-state index is 12.7. The Bertz CT molecular complexity index is 786. The van der Waals surface area contributed by atoms with Crippen molar-refractivity contribution in [2.75, 3.05) is 25.4 Å². The molecule has 3 amide bonds. The molecular weight excluding hydrogens is 460 g/mol. The van der Waals surface area contributed by atoms with Gasteiger partial charge in [0.25, 0.3) is 10.1 Å². The minimum atomic E-state index is -4.69.